The quantitative estimate of drug-likeness (QED) is 0.700. The van der Waals surface area contributed by atoms with Crippen molar-refractivity contribution in [1.82, 2.24) is 20.0 Å². The van der Waals surface area contributed by atoms with Crippen molar-refractivity contribution in [3.05, 3.63) is 16.9 Å². The number of likely N-dealkylation sites (tertiary alicyclic amines) is 1. The Kier molecular flexibility index (Phi) is 7.67. The zero-order valence-electron chi connectivity index (χ0n) is 16.2. The predicted molar refractivity (Wildman–Crippen MR) is 104 cm³/mol. The van der Waals surface area contributed by atoms with Gasteiger partial charge in [0.1, 0.15) is 16.2 Å². The van der Waals surface area contributed by atoms with Crippen molar-refractivity contribution in [2.24, 2.45) is 5.92 Å². The minimum Gasteiger partial charge on any atom is -0.444 e. The van der Waals surface area contributed by atoms with Crippen LogP contribution in [-0.2, 0) is 16.1 Å². The summed E-state index contributed by atoms with van der Waals surface area (Å²) in [7, 11) is 0. The number of piperidine rings is 1. The number of aromatic nitrogens is 2. The Balaban J connectivity index is 2.02. The number of aliphatic hydroxyl groups excluding tert-OH is 1. The van der Waals surface area contributed by atoms with Gasteiger partial charge in [-0.05, 0) is 67.9 Å². The lowest BCUT2D eigenvalue weighted by Crippen LogP contribution is -2.52. The van der Waals surface area contributed by atoms with Gasteiger partial charge in [0.15, 0.2) is 0 Å². The molecule has 1 aromatic rings. The molecule has 0 aromatic carbocycles. The first kappa shape index (κ1) is 21.7. The Bertz CT molecular complexity index is 636. The second-order valence-corrected chi connectivity index (χ2v) is 8.63. The van der Waals surface area contributed by atoms with Gasteiger partial charge in [-0.3, -0.25) is 9.48 Å². The van der Waals surface area contributed by atoms with Crippen LogP contribution >= 0.6 is 15.9 Å². The second-order valence-electron chi connectivity index (χ2n) is 7.82. The monoisotopic (exact) mass is 444 g/mol. The smallest absolute Gasteiger partial charge is 0.408 e. The fraction of sp³-hybridized carbons (Fsp3) is 0.722. The van der Waals surface area contributed by atoms with Gasteiger partial charge >= 0.3 is 6.09 Å². The summed E-state index contributed by atoms with van der Waals surface area (Å²) in [5.74, 6) is 0.117. The Labute approximate surface area is 168 Å². The van der Waals surface area contributed by atoms with Gasteiger partial charge < -0.3 is 20.1 Å². The molecule has 1 fully saturated rings. The highest BCUT2D eigenvalue weighted by Crippen LogP contribution is 2.18. The first-order chi connectivity index (χ1) is 12.7. The van der Waals surface area contributed by atoms with Crippen molar-refractivity contribution in [3.63, 3.8) is 0 Å². The third kappa shape index (κ3) is 6.80. The van der Waals surface area contributed by atoms with Crippen molar-refractivity contribution in [2.45, 2.75) is 58.2 Å². The highest BCUT2D eigenvalue weighted by atomic mass is 79.9. The largest absolute Gasteiger partial charge is 0.444 e. The molecule has 9 heteroatoms. The van der Waals surface area contributed by atoms with Crippen LogP contribution in [0.15, 0.2) is 16.9 Å². The molecule has 2 rings (SSSR count). The number of ether oxygens (including phenoxy) is 1. The maximum atomic E-state index is 13.0. The molecule has 0 spiro atoms. The third-order valence-electron chi connectivity index (χ3n) is 4.47. The lowest BCUT2D eigenvalue weighted by Gasteiger charge is -2.34. The molecule has 1 aliphatic rings. The van der Waals surface area contributed by atoms with Crippen LogP contribution in [0.1, 0.15) is 40.0 Å². The van der Waals surface area contributed by atoms with Gasteiger partial charge in [0, 0.05) is 26.2 Å². The highest BCUT2D eigenvalue weighted by molar-refractivity contribution is 9.10. The molecule has 1 atom stereocenters. The molecule has 27 heavy (non-hydrogen) atoms. The summed E-state index contributed by atoms with van der Waals surface area (Å²) in [5, 5.41) is 16.2. The lowest BCUT2D eigenvalue weighted by molar-refractivity contribution is -0.135. The number of hydrogen-bond donors (Lipinski definition) is 2. The maximum Gasteiger partial charge on any atom is 0.408 e. The zero-order valence-corrected chi connectivity index (χ0v) is 17.7. The number of rotatable bonds is 6. The number of amides is 2. The number of nitrogens with one attached hydrogen (secondary N) is 1. The summed E-state index contributed by atoms with van der Waals surface area (Å²) in [5.41, 5.74) is -0.637. The van der Waals surface area contributed by atoms with Gasteiger partial charge in [0.25, 0.3) is 0 Å². The first-order valence-electron chi connectivity index (χ1n) is 9.26. The third-order valence-corrected chi connectivity index (χ3v) is 5.14. The van der Waals surface area contributed by atoms with E-state index in [-0.39, 0.29) is 18.4 Å². The molecule has 1 aromatic heterocycles. The van der Waals surface area contributed by atoms with Gasteiger partial charge in [-0.2, -0.15) is 5.10 Å². The van der Waals surface area contributed by atoms with Crippen LogP contribution < -0.4 is 5.32 Å². The topological polar surface area (TPSA) is 96.7 Å². The predicted octanol–water partition coefficient (Wildman–Crippen LogP) is 2.16. The van der Waals surface area contributed by atoms with E-state index >= 15 is 0 Å². The molecule has 2 amide bonds. The minimum atomic E-state index is -0.693. The van der Waals surface area contributed by atoms with E-state index in [2.05, 4.69) is 26.3 Å². The molecular weight excluding hydrogens is 416 g/mol. The molecule has 8 nitrogen and oxygen atoms in total. The second kappa shape index (κ2) is 9.54. The molecule has 0 bridgehead atoms. The molecule has 0 radical (unpaired) electrons. The Morgan fingerprint density at radius 1 is 1.41 bits per heavy atom. The molecule has 2 heterocycles. The van der Waals surface area contributed by atoms with Gasteiger partial charge in [0.2, 0.25) is 5.91 Å². The van der Waals surface area contributed by atoms with Crippen LogP contribution in [0, 0.1) is 5.92 Å². The number of alkyl carbamates (subject to hydrolysis) is 1. The number of aryl methyl sites for hydroxylation is 1. The van der Waals surface area contributed by atoms with Crippen LogP contribution in [0.4, 0.5) is 4.79 Å². The summed E-state index contributed by atoms with van der Waals surface area (Å²) < 4.78 is 7.86. The number of nitrogens with zero attached hydrogens (tertiary/aromatic N) is 3. The van der Waals surface area contributed by atoms with E-state index in [9.17, 15) is 14.7 Å². The van der Waals surface area contributed by atoms with Crippen LogP contribution in [0.5, 0.6) is 0 Å². The highest BCUT2D eigenvalue weighted by Gasteiger charge is 2.30. The van der Waals surface area contributed by atoms with E-state index in [1.807, 2.05) is 6.07 Å². The summed E-state index contributed by atoms with van der Waals surface area (Å²) >= 11 is 3.40. The van der Waals surface area contributed by atoms with Crippen LogP contribution in [-0.4, -0.2) is 63.1 Å². The molecule has 152 valence electrons. The van der Waals surface area contributed by atoms with Crippen molar-refractivity contribution < 1.29 is 19.4 Å². The average molecular weight is 445 g/mol. The fourth-order valence-corrected chi connectivity index (χ4v) is 3.38. The van der Waals surface area contributed by atoms with Gasteiger partial charge in [-0.1, -0.05) is 0 Å². The van der Waals surface area contributed by atoms with Crippen molar-refractivity contribution in [3.8, 4) is 0 Å². The number of hydrogen-bond acceptors (Lipinski definition) is 5. The summed E-state index contributed by atoms with van der Waals surface area (Å²) in [4.78, 5) is 27.0. The minimum absolute atomic E-state index is 0.125. The van der Waals surface area contributed by atoms with Crippen LogP contribution in [0.2, 0.25) is 0 Å². The molecule has 1 unspecified atom stereocenters. The van der Waals surface area contributed by atoms with Crippen molar-refractivity contribution >= 4 is 27.9 Å². The molecule has 1 aliphatic heterocycles. The fourth-order valence-electron chi connectivity index (χ4n) is 3.00. The average Bonchev–Trinajstić information content (AvgIpc) is 3.01. The molecule has 2 N–H and O–H groups in total. The van der Waals surface area contributed by atoms with E-state index in [4.69, 9.17) is 4.74 Å². The van der Waals surface area contributed by atoms with E-state index in [1.165, 1.54) is 0 Å². The molecule has 0 saturated carbocycles. The number of halogens is 1. The Morgan fingerprint density at radius 2 is 2.07 bits per heavy atom. The van der Waals surface area contributed by atoms with Gasteiger partial charge in [-0.25, -0.2) is 4.79 Å². The van der Waals surface area contributed by atoms with Gasteiger partial charge in [0.05, 0.1) is 6.20 Å². The van der Waals surface area contributed by atoms with E-state index < -0.39 is 17.7 Å². The van der Waals surface area contributed by atoms with E-state index in [0.717, 1.165) is 17.4 Å². The Morgan fingerprint density at radius 3 is 2.59 bits per heavy atom. The summed E-state index contributed by atoms with van der Waals surface area (Å²) in [6.45, 7) is 7.14. The normalized spacial score (nSPS) is 16.9. The molecule has 1 saturated heterocycles. The first-order valence-corrected chi connectivity index (χ1v) is 10.1. The molecular formula is C18H29BrN4O4. The number of carbonyl (C=O) groups excluding carboxylic acids is 2. The standard InChI is InChI=1S/C18H29BrN4O4/c1-18(2,3)27-17(26)21-14(7-11-23-15(19)4-8-20-23)16(25)22-9-5-13(12-24)6-10-22/h4,8,13-14,24H,5-7,9-12H2,1-3H3,(H,21,26). The Hall–Kier alpha value is -1.61. The van der Waals surface area contributed by atoms with Crippen molar-refractivity contribution in [1.29, 1.82) is 0 Å². The lowest BCUT2D eigenvalue weighted by atomic mass is 9.97. The molecule has 0 aliphatic carbocycles. The number of carbonyl (C=O) groups is 2. The van der Waals surface area contributed by atoms with E-state index in [1.54, 1.807) is 36.5 Å². The van der Waals surface area contributed by atoms with Crippen molar-refractivity contribution in [2.75, 3.05) is 19.7 Å². The van der Waals surface area contributed by atoms with Crippen LogP contribution in [0.3, 0.4) is 0 Å². The summed E-state index contributed by atoms with van der Waals surface area (Å²) in [6.07, 6.45) is 3.00. The SMILES string of the molecule is CC(C)(C)OC(=O)NC(CCn1nccc1Br)C(=O)N1CCC(CO)CC1. The summed E-state index contributed by atoms with van der Waals surface area (Å²) in [6, 6.07) is 1.12. The van der Waals surface area contributed by atoms with Crippen LogP contribution in [0.25, 0.3) is 0 Å². The van der Waals surface area contributed by atoms with Gasteiger partial charge in [-0.15, -0.1) is 0 Å². The number of aliphatic hydroxyl groups is 1. The maximum absolute atomic E-state index is 13.0. The van der Waals surface area contributed by atoms with E-state index in [0.29, 0.717) is 26.1 Å². The zero-order chi connectivity index (χ0) is 20.0.